The van der Waals surface area contributed by atoms with Gasteiger partial charge in [-0.25, -0.2) is 0 Å². The van der Waals surface area contributed by atoms with Crippen LogP contribution in [0.15, 0.2) is 23.3 Å². The molecule has 102 valence electrons. The van der Waals surface area contributed by atoms with E-state index in [1.807, 2.05) is 6.92 Å². The summed E-state index contributed by atoms with van der Waals surface area (Å²) in [5, 5.41) is 20.3. The predicted molar refractivity (Wildman–Crippen MR) is 69.2 cm³/mol. The SMILES string of the molecule is C/C(C=O)=C\C(C)=C\[C@]1(C)O[C@H](C)[C@](C)(O)[C@@H]1O. The molecule has 0 aromatic heterocycles. The summed E-state index contributed by atoms with van der Waals surface area (Å²) in [6.45, 7) is 8.54. The Morgan fingerprint density at radius 1 is 1.28 bits per heavy atom. The van der Waals surface area contributed by atoms with Crippen LogP contribution in [0.3, 0.4) is 0 Å². The third kappa shape index (κ3) is 2.71. The molecule has 0 aromatic rings. The lowest BCUT2D eigenvalue weighted by Gasteiger charge is -2.28. The fraction of sp³-hybridized carbons (Fsp3) is 0.643. The lowest BCUT2D eigenvalue weighted by molar-refractivity contribution is -0.104. The van der Waals surface area contributed by atoms with Crippen molar-refractivity contribution < 1.29 is 19.7 Å². The maximum Gasteiger partial charge on any atom is 0.145 e. The van der Waals surface area contributed by atoms with Gasteiger partial charge < -0.3 is 14.9 Å². The number of hydrogen-bond acceptors (Lipinski definition) is 4. The average Bonchev–Trinajstić information content (AvgIpc) is 2.39. The minimum Gasteiger partial charge on any atom is -0.387 e. The molecule has 1 fully saturated rings. The second kappa shape index (κ2) is 4.96. The van der Waals surface area contributed by atoms with Crippen LogP contribution in [-0.4, -0.2) is 39.9 Å². The second-order valence-electron chi connectivity index (χ2n) is 5.47. The zero-order valence-electron chi connectivity index (χ0n) is 11.6. The van der Waals surface area contributed by atoms with Gasteiger partial charge in [-0.2, -0.15) is 0 Å². The highest BCUT2D eigenvalue weighted by Gasteiger charge is 2.55. The Kier molecular flexibility index (Phi) is 4.15. The van der Waals surface area contributed by atoms with E-state index in [0.29, 0.717) is 5.57 Å². The molecule has 1 rings (SSSR count). The van der Waals surface area contributed by atoms with Crippen LogP contribution in [-0.2, 0) is 9.53 Å². The van der Waals surface area contributed by atoms with Gasteiger partial charge in [-0.3, -0.25) is 4.79 Å². The normalized spacial score (nSPS) is 42.2. The largest absolute Gasteiger partial charge is 0.387 e. The molecule has 1 heterocycles. The van der Waals surface area contributed by atoms with Gasteiger partial charge in [-0.15, -0.1) is 0 Å². The van der Waals surface area contributed by atoms with E-state index in [1.165, 1.54) is 0 Å². The summed E-state index contributed by atoms with van der Waals surface area (Å²) < 4.78 is 5.67. The van der Waals surface area contributed by atoms with Crippen LogP contribution >= 0.6 is 0 Å². The van der Waals surface area contributed by atoms with Crippen LogP contribution < -0.4 is 0 Å². The number of aliphatic hydroxyl groups is 2. The van der Waals surface area contributed by atoms with Crippen molar-refractivity contribution in [1.82, 2.24) is 0 Å². The minimum atomic E-state index is -1.28. The zero-order valence-corrected chi connectivity index (χ0v) is 11.6. The molecule has 0 aliphatic carbocycles. The van der Waals surface area contributed by atoms with Crippen molar-refractivity contribution in [3.05, 3.63) is 23.3 Å². The molecule has 0 saturated carbocycles. The number of aliphatic hydroxyl groups excluding tert-OH is 1. The number of rotatable bonds is 3. The van der Waals surface area contributed by atoms with Crippen molar-refractivity contribution in [2.45, 2.75) is 58.0 Å². The lowest BCUT2D eigenvalue weighted by Crippen LogP contribution is -2.47. The summed E-state index contributed by atoms with van der Waals surface area (Å²) in [7, 11) is 0. The summed E-state index contributed by atoms with van der Waals surface area (Å²) in [5.74, 6) is 0. The van der Waals surface area contributed by atoms with Gasteiger partial charge in [-0.1, -0.05) is 11.6 Å². The Morgan fingerprint density at radius 3 is 2.22 bits per heavy atom. The van der Waals surface area contributed by atoms with Crippen molar-refractivity contribution >= 4 is 6.29 Å². The van der Waals surface area contributed by atoms with Crippen molar-refractivity contribution in [3.63, 3.8) is 0 Å². The molecule has 0 radical (unpaired) electrons. The van der Waals surface area contributed by atoms with E-state index in [0.717, 1.165) is 11.9 Å². The molecule has 1 aliphatic heterocycles. The summed E-state index contributed by atoms with van der Waals surface area (Å²) in [5.41, 5.74) is -0.826. The molecular formula is C14H22O4. The molecular weight excluding hydrogens is 232 g/mol. The highest BCUT2D eigenvalue weighted by Crippen LogP contribution is 2.39. The molecule has 18 heavy (non-hydrogen) atoms. The van der Waals surface area contributed by atoms with Crippen molar-refractivity contribution in [3.8, 4) is 0 Å². The summed E-state index contributed by atoms with van der Waals surface area (Å²) in [6, 6.07) is 0. The lowest BCUT2D eigenvalue weighted by atomic mass is 9.86. The number of allylic oxidation sites excluding steroid dienone is 3. The third-order valence-corrected chi connectivity index (χ3v) is 3.51. The van der Waals surface area contributed by atoms with Crippen LogP contribution in [0.25, 0.3) is 0 Å². The summed E-state index contributed by atoms with van der Waals surface area (Å²) >= 11 is 0. The zero-order chi connectivity index (χ0) is 14.1. The molecule has 0 unspecified atom stereocenters. The van der Waals surface area contributed by atoms with Crippen LogP contribution in [0.5, 0.6) is 0 Å². The number of hydrogen-bond donors (Lipinski definition) is 2. The van der Waals surface area contributed by atoms with E-state index in [-0.39, 0.29) is 0 Å². The maximum atomic E-state index is 10.6. The first kappa shape index (κ1) is 15.1. The number of aldehydes is 1. The van der Waals surface area contributed by atoms with E-state index in [4.69, 9.17) is 4.74 Å². The first-order chi connectivity index (χ1) is 8.13. The quantitative estimate of drug-likeness (QED) is 0.453. The Balaban J connectivity index is 3.03. The van der Waals surface area contributed by atoms with Crippen LogP contribution in [0.2, 0.25) is 0 Å². The van der Waals surface area contributed by atoms with Gasteiger partial charge in [0.05, 0.1) is 6.10 Å². The monoisotopic (exact) mass is 254 g/mol. The van der Waals surface area contributed by atoms with Gasteiger partial charge >= 0.3 is 0 Å². The number of carbonyl (C=O) groups excluding carboxylic acids is 1. The van der Waals surface area contributed by atoms with Crippen molar-refractivity contribution in [1.29, 1.82) is 0 Å². The van der Waals surface area contributed by atoms with E-state index < -0.39 is 23.4 Å². The Bertz CT molecular complexity index is 395. The third-order valence-electron chi connectivity index (χ3n) is 3.51. The molecule has 2 N–H and O–H groups in total. The highest BCUT2D eigenvalue weighted by atomic mass is 16.6. The Labute approximate surface area is 108 Å². The Morgan fingerprint density at radius 2 is 1.83 bits per heavy atom. The van der Waals surface area contributed by atoms with E-state index in [9.17, 15) is 15.0 Å². The van der Waals surface area contributed by atoms with E-state index in [2.05, 4.69) is 0 Å². The number of ether oxygens (including phenoxy) is 1. The van der Waals surface area contributed by atoms with Gasteiger partial charge in [0.25, 0.3) is 0 Å². The van der Waals surface area contributed by atoms with Gasteiger partial charge in [-0.05, 0) is 46.3 Å². The highest BCUT2D eigenvalue weighted by molar-refractivity contribution is 5.73. The van der Waals surface area contributed by atoms with Gasteiger partial charge in [0.1, 0.15) is 23.6 Å². The smallest absolute Gasteiger partial charge is 0.145 e. The number of carbonyl (C=O) groups is 1. The Hall–Kier alpha value is -0.970. The minimum absolute atomic E-state index is 0.460. The molecule has 4 atom stereocenters. The molecule has 0 aromatic carbocycles. The van der Waals surface area contributed by atoms with Gasteiger partial charge in [0.2, 0.25) is 0 Å². The molecule has 4 nitrogen and oxygen atoms in total. The van der Waals surface area contributed by atoms with E-state index >= 15 is 0 Å². The first-order valence-electron chi connectivity index (χ1n) is 6.04. The van der Waals surface area contributed by atoms with Crippen LogP contribution in [0.1, 0.15) is 34.6 Å². The van der Waals surface area contributed by atoms with Crippen molar-refractivity contribution in [2.75, 3.05) is 0 Å². The second-order valence-corrected chi connectivity index (χ2v) is 5.47. The standard InChI is InChI=1S/C14H22O4/c1-9(6-10(2)8-15)7-13(4)12(16)14(5,17)11(3)18-13/h6-8,11-12,16-17H,1-5H3/b9-7+,10-6+/t11-,12-,13+,14+/m1/s1. The van der Waals surface area contributed by atoms with E-state index in [1.54, 1.807) is 39.8 Å². The van der Waals surface area contributed by atoms with Crippen LogP contribution in [0.4, 0.5) is 0 Å². The molecule has 0 amide bonds. The molecule has 0 spiro atoms. The predicted octanol–water partition coefficient (Wildman–Crippen LogP) is 1.37. The first-order valence-corrected chi connectivity index (χ1v) is 6.04. The van der Waals surface area contributed by atoms with Crippen molar-refractivity contribution in [2.24, 2.45) is 0 Å². The van der Waals surface area contributed by atoms with Gasteiger partial charge in [0.15, 0.2) is 0 Å². The van der Waals surface area contributed by atoms with Gasteiger partial charge in [0, 0.05) is 0 Å². The molecule has 0 bridgehead atoms. The average molecular weight is 254 g/mol. The maximum absolute atomic E-state index is 10.6. The fourth-order valence-corrected chi connectivity index (χ4v) is 2.37. The fourth-order valence-electron chi connectivity index (χ4n) is 2.37. The summed E-state index contributed by atoms with van der Waals surface area (Å²) in [4.78, 5) is 10.6. The topological polar surface area (TPSA) is 66.8 Å². The molecule has 1 aliphatic rings. The molecule has 1 saturated heterocycles. The molecule has 4 heteroatoms. The summed E-state index contributed by atoms with van der Waals surface area (Å²) in [6.07, 6.45) is 2.75. The van der Waals surface area contributed by atoms with Crippen LogP contribution in [0, 0.1) is 0 Å².